The smallest absolute Gasteiger partial charge is 0.341 e. The lowest BCUT2D eigenvalue weighted by atomic mass is 10.0. The molecule has 0 aliphatic heterocycles. The maximum absolute atomic E-state index is 12.5. The van der Waals surface area contributed by atoms with Crippen molar-refractivity contribution in [2.24, 2.45) is 0 Å². The fraction of sp³-hybridized carbons (Fsp3) is 0.138. The van der Waals surface area contributed by atoms with Gasteiger partial charge in [0.05, 0.1) is 19.3 Å². The summed E-state index contributed by atoms with van der Waals surface area (Å²) in [7, 11) is 3.09. The topological polar surface area (TPSA) is 63.2 Å². The van der Waals surface area contributed by atoms with E-state index in [9.17, 15) is 4.79 Å². The molecule has 6 nitrogen and oxygen atoms in total. The number of ether oxygens (including phenoxy) is 5. The van der Waals surface area contributed by atoms with Gasteiger partial charge in [-0.1, -0.05) is 43.0 Å². The van der Waals surface area contributed by atoms with Crippen LogP contribution in [0.25, 0.3) is 16.7 Å². The number of benzene rings is 3. The molecule has 0 amide bonds. The molecule has 0 saturated heterocycles. The minimum atomic E-state index is -0.587. The Kier molecular flexibility index (Phi) is 8.87. The maximum Gasteiger partial charge on any atom is 0.341 e. The van der Waals surface area contributed by atoms with Crippen LogP contribution in [0.1, 0.15) is 12.5 Å². The minimum Gasteiger partial charge on any atom is -0.497 e. The number of hydrogen-bond donors (Lipinski definition) is 0. The molecule has 3 rings (SSSR count). The van der Waals surface area contributed by atoms with Crippen molar-refractivity contribution >= 4 is 11.5 Å². The number of esters is 1. The van der Waals surface area contributed by atoms with E-state index in [4.69, 9.17) is 23.7 Å². The zero-order valence-electron chi connectivity index (χ0n) is 20.1. The van der Waals surface area contributed by atoms with Gasteiger partial charge in [0, 0.05) is 18.7 Å². The maximum atomic E-state index is 12.5. The standard InChI is InChI=1S/C29H28O6/c1-20(2)22-6-12-25(13-7-22)33-16-17-34-26-14-15-27(23-8-10-24(32-5)11-9-23)28(18-26)35-29(30)21(3)19-31-4/h6-18H,1,3,19H2,2,4-5H3/b17-16-. The average molecular weight is 473 g/mol. The SMILES string of the molecule is C=C(COC)C(=O)Oc1cc(O/C=C\Oc2ccc(C(=C)C)cc2)ccc1-c1ccc(OC)cc1. The van der Waals surface area contributed by atoms with E-state index in [0.29, 0.717) is 22.8 Å². The van der Waals surface area contributed by atoms with Gasteiger partial charge in [-0.15, -0.1) is 0 Å². The minimum absolute atomic E-state index is 0.0698. The molecule has 0 aromatic heterocycles. The Morgan fingerprint density at radius 2 is 1.43 bits per heavy atom. The van der Waals surface area contributed by atoms with E-state index in [-0.39, 0.29) is 12.2 Å². The van der Waals surface area contributed by atoms with Crippen molar-refractivity contribution in [2.75, 3.05) is 20.8 Å². The molecule has 0 saturated carbocycles. The largest absolute Gasteiger partial charge is 0.497 e. The molecule has 180 valence electrons. The van der Waals surface area contributed by atoms with Gasteiger partial charge in [0.1, 0.15) is 35.5 Å². The fourth-order valence-electron chi connectivity index (χ4n) is 3.11. The molecule has 0 fully saturated rings. The molecule has 0 radical (unpaired) electrons. The Balaban J connectivity index is 1.77. The Bertz CT molecular complexity index is 1210. The van der Waals surface area contributed by atoms with Crippen LogP contribution in [0.3, 0.4) is 0 Å². The Hall–Kier alpha value is -4.29. The predicted molar refractivity (Wildman–Crippen MR) is 137 cm³/mol. The molecule has 0 spiro atoms. The summed E-state index contributed by atoms with van der Waals surface area (Å²) in [6.45, 7) is 9.65. The lowest BCUT2D eigenvalue weighted by Crippen LogP contribution is -2.14. The van der Waals surface area contributed by atoms with Gasteiger partial charge in [0.25, 0.3) is 0 Å². The first-order valence-corrected chi connectivity index (χ1v) is 10.8. The summed E-state index contributed by atoms with van der Waals surface area (Å²) in [6, 6.07) is 20.2. The summed E-state index contributed by atoms with van der Waals surface area (Å²) < 4.78 is 27.1. The fourth-order valence-corrected chi connectivity index (χ4v) is 3.11. The molecular formula is C29H28O6. The van der Waals surface area contributed by atoms with Crippen LogP contribution in [-0.4, -0.2) is 26.8 Å². The molecule has 0 aliphatic carbocycles. The third-order valence-corrected chi connectivity index (χ3v) is 4.97. The van der Waals surface area contributed by atoms with Gasteiger partial charge in [-0.3, -0.25) is 0 Å². The highest BCUT2D eigenvalue weighted by molar-refractivity contribution is 5.91. The third-order valence-electron chi connectivity index (χ3n) is 4.97. The van der Waals surface area contributed by atoms with Crippen LogP contribution in [0.2, 0.25) is 0 Å². The average Bonchev–Trinajstić information content (AvgIpc) is 2.87. The van der Waals surface area contributed by atoms with Crippen LogP contribution in [0.5, 0.6) is 23.0 Å². The molecule has 0 heterocycles. The van der Waals surface area contributed by atoms with Crippen LogP contribution in [0.4, 0.5) is 0 Å². The highest BCUT2D eigenvalue weighted by Crippen LogP contribution is 2.35. The lowest BCUT2D eigenvalue weighted by Gasteiger charge is -2.13. The summed E-state index contributed by atoms with van der Waals surface area (Å²) in [6.07, 6.45) is 2.84. The van der Waals surface area contributed by atoms with E-state index in [2.05, 4.69) is 13.2 Å². The van der Waals surface area contributed by atoms with Crippen molar-refractivity contribution in [3.8, 4) is 34.1 Å². The first-order chi connectivity index (χ1) is 16.9. The highest BCUT2D eigenvalue weighted by Gasteiger charge is 2.15. The molecular weight excluding hydrogens is 444 g/mol. The molecule has 0 N–H and O–H groups in total. The predicted octanol–water partition coefficient (Wildman–Crippen LogP) is 6.43. The zero-order valence-corrected chi connectivity index (χ0v) is 20.1. The van der Waals surface area contributed by atoms with E-state index < -0.39 is 5.97 Å². The van der Waals surface area contributed by atoms with Gasteiger partial charge >= 0.3 is 5.97 Å². The van der Waals surface area contributed by atoms with Crippen molar-refractivity contribution in [3.05, 3.63) is 104 Å². The van der Waals surface area contributed by atoms with Crippen molar-refractivity contribution < 1.29 is 28.5 Å². The van der Waals surface area contributed by atoms with Crippen LogP contribution in [0.15, 0.2) is 98.0 Å². The Labute approximate surface area is 205 Å². The van der Waals surface area contributed by atoms with Gasteiger partial charge < -0.3 is 23.7 Å². The van der Waals surface area contributed by atoms with Crippen LogP contribution in [-0.2, 0) is 9.53 Å². The van der Waals surface area contributed by atoms with Crippen molar-refractivity contribution in [1.82, 2.24) is 0 Å². The zero-order chi connectivity index (χ0) is 25.2. The van der Waals surface area contributed by atoms with Gasteiger partial charge in [0.15, 0.2) is 0 Å². The Morgan fingerprint density at radius 3 is 2.03 bits per heavy atom. The van der Waals surface area contributed by atoms with E-state index in [1.165, 1.54) is 19.6 Å². The first-order valence-electron chi connectivity index (χ1n) is 10.8. The van der Waals surface area contributed by atoms with Crippen molar-refractivity contribution in [1.29, 1.82) is 0 Å². The summed E-state index contributed by atoms with van der Waals surface area (Å²) >= 11 is 0. The van der Waals surface area contributed by atoms with Crippen LogP contribution < -0.4 is 18.9 Å². The van der Waals surface area contributed by atoms with E-state index >= 15 is 0 Å². The summed E-state index contributed by atoms with van der Waals surface area (Å²) in [5.41, 5.74) is 3.78. The molecule has 0 atom stereocenters. The Morgan fingerprint density at radius 1 is 0.829 bits per heavy atom. The second-order valence-electron chi connectivity index (χ2n) is 7.63. The molecule has 3 aromatic carbocycles. The molecule has 0 bridgehead atoms. The number of carbonyl (C=O) groups is 1. The molecule has 3 aromatic rings. The molecule has 35 heavy (non-hydrogen) atoms. The highest BCUT2D eigenvalue weighted by atomic mass is 16.5. The van der Waals surface area contributed by atoms with E-state index in [0.717, 1.165) is 22.4 Å². The first kappa shape index (κ1) is 25.3. The summed E-state index contributed by atoms with van der Waals surface area (Å²) in [5, 5.41) is 0. The van der Waals surface area contributed by atoms with Crippen molar-refractivity contribution in [3.63, 3.8) is 0 Å². The lowest BCUT2D eigenvalue weighted by molar-refractivity contribution is -0.130. The molecule has 0 aliphatic rings. The second kappa shape index (κ2) is 12.3. The molecule has 6 heteroatoms. The number of allylic oxidation sites excluding steroid dienone is 1. The van der Waals surface area contributed by atoms with E-state index in [1.807, 2.05) is 61.5 Å². The third kappa shape index (κ3) is 7.09. The normalized spacial score (nSPS) is 10.6. The summed E-state index contributed by atoms with van der Waals surface area (Å²) in [4.78, 5) is 12.5. The quantitative estimate of drug-likeness (QED) is 0.139. The summed E-state index contributed by atoms with van der Waals surface area (Å²) in [5.74, 6) is 1.58. The number of carbonyl (C=O) groups excluding carboxylic acids is 1. The van der Waals surface area contributed by atoms with Gasteiger partial charge in [-0.25, -0.2) is 4.79 Å². The number of methoxy groups -OCH3 is 2. The second-order valence-corrected chi connectivity index (χ2v) is 7.63. The van der Waals surface area contributed by atoms with Gasteiger partial charge in [0.2, 0.25) is 0 Å². The van der Waals surface area contributed by atoms with Crippen molar-refractivity contribution in [2.45, 2.75) is 6.92 Å². The van der Waals surface area contributed by atoms with Crippen LogP contribution in [0, 0.1) is 0 Å². The number of rotatable bonds is 11. The van der Waals surface area contributed by atoms with E-state index in [1.54, 1.807) is 19.2 Å². The van der Waals surface area contributed by atoms with Gasteiger partial charge in [-0.05, 0) is 54.4 Å². The molecule has 0 unspecified atom stereocenters. The van der Waals surface area contributed by atoms with Crippen LogP contribution >= 0.6 is 0 Å². The van der Waals surface area contributed by atoms with Gasteiger partial charge in [-0.2, -0.15) is 0 Å². The number of hydrogen-bond acceptors (Lipinski definition) is 6. The monoisotopic (exact) mass is 472 g/mol.